The Balaban J connectivity index is 1.95. The minimum atomic E-state index is -0.364. The zero-order valence-corrected chi connectivity index (χ0v) is 16.6. The summed E-state index contributed by atoms with van der Waals surface area (Å²) in [5, 5.41) is 0.925. The number of anilines is 2. The van der Waals surface area contributed by atoms with E-state index >= 15 is 0 Å². The van der Waals surface area contributed by atoms with Gasteiger partial charge in [0.2, 0.25) is 0 Å². The lowest BCUT2D eigenvalue weighted by atomic mass is 9.94. The van der Waals surface area contributed by atoms with Gasteiger partial charge < -0.3 is 15.4 Å². The number of hydrogen-bond acceptors (Lipinski definition) is 8. The van der Waals surface area contributed by atoms with Crippen LogP contribution in [0, 0.1) is 0 Å². The summed E-state index contributed by atoms with van der Waals surface area (Å²) < 4.78 is 5.62. The van der Waals surface area contributed by atoms with Crippen LogP contribution in [0.25, 0.3) is 10.2 Å². The highest BCUT2D eigenvalue weighted by Crippen LogP contribution is 2.47. The van der Waals surface area contributed by atoms with Crippen LogP contribution in [0.2, 0.25) is 0 Å². The number of pyridine rings is 1. The van der Waals surface area contributed by atoms with Gasteiger partial charge in [0, 0.05) is 34.5 Å². The fourth-order valence-electron chi connectivity index (χ4n) is 3.61. The fraction of sp³-hybridized carbons (Fsp3) is 0.529. The second kappa shape index (κ2) is 6.56. The Bertz CT molecular complexity index is 874. The molecule has 4 heterocycles. The van der Waals surface area contributed by atoms with E-state index in [-0.39, 0.29) is 10.7 Å². The van der Waals surface area contributed by atoms with Gasteiger partial charge in [-0.15, -0.1) is 11.3 Å². The maximum absolute atomic E-state index is 12.1. The van der Waals surface area contributed by atoms with Crippen molar-refractivity contribution in [2.45, 2.75) is 30.8 Å². The molecule has 140 valence electrons. The zero-order chi connectivity index (χ0) is 18.5. The average molecular weight is 394 g/mol. The van der Waals surface area contributed by atoms with Crippen LogP contribution in [0.5, 0.6) is 0 Å². The minimum absolute atomic E-state index is 0.119. The molecule has 7 nitrogen and oxygen atoms in total. The maximum atomic E-state index is 12.1. The van der Waals surface area contributed by atoms with Crippen LogP contribution in [0.15, 0.2) is 0 Å². The summed E-state index contributed by atoms with van der Waals surface area (Å²) in [5.41, 5.74) is 11.5. The Morgan fingerprint density at radius 1 is 1.31 bits per heavy atom. The number of carbonyl (C=O) groups is 1. The van der Waals surface area contributed by atoms with E-state index in [1.165, 1.54) is 22.5 Å². The molecule has 0 aliphatic carbocycles. The summed E-state index contributed by atoms with van der Waals surface area (Å²) in [6.07, 6.45) is 0.897. The van der Waals surface area contributed by atoms with E-state index in [0.29, 0.717) is 23.8 Å². The van der Waals surface area contributed by atoms with Crippen molar-refractivity contribution < 1.29 is 9.53 Å². The number of hydrogen-bond donors (Lipinski definition) is 3. The third kappa shape index (κ3) is 2.92. The number of thioether (sulfide) groups is 1. The zero-order valence-electron chi connectivity index (χ0n) is 14.9. The van der Waals surface area contributed by atoms with Gasteiger partial charge in [-0.25, -0.2) is 10.8 Å². The van der Waals surface area contributed by atoms with Crippen molar-refractivity contribution >= 4 is 50.7 Å². The maximum Gasteiger partial charge on any atom is 0.277 e. The third-order valence-electron chi connectivity index (χ3n) is 4.93. The minimum Gasteiger partial charge on any atom is -0.397 e. The van der Waals surface area contributed by atoms with Gasteiger partial charge in [0.05, 0.1) is 18.9 Å². The van der Waals surface area contributed by atoms with Gasteiger partial charge in [-0.1, -0.05) is 13.8 Å². The van der Waals surface area contributed by atoms with Crippen LogP contribution >= 0.6 is 23.1 Å². The van der Waals surface area contributed by atoms with Gasteiger partial charge in [0.15, 0.2) is 0 Å². The van der Waals surface area contributed by atoms with Crippen molar-refractivity contribution in [3.05, 3.63) is 16.0 Å². The van der Waals surface area contributed by atoms with Crippen LogP contribution in [-0.2, 0) is 16.9 Å². The lowest BCUT2D eigenvalue weighted by molar-refractivity contribution is 0.0958. The Kier molecular flexibility index (Phi) is 4.50. The standard InChI is InChI=1S/C17H23N5O2S2/c1-17(2)7-9-10(8-25-17)14(22-3-5-24-6-4-22)20-16-11(9)12(18)13(26-16)15(23)21-19/h3-8,18-19H2,1-2H3,(H,21,23). The van der Waals surface area contributed by atoms with E-state index < -0.39 is 0 Å². The Hall–Kier alpha value is -1.55. The highest BCUT2D eigenvalue weighted by Gasteiger charge is 2.33. The summed E-state index contributed by atoms with van der Waals surface area (Å²) in [7, 11) is 0. The number of rotatable bonds is 2. The van der Waals surface area contributed by atoms with Crippen LogP contribution in [0.3, 0.4) is 0 Å². The largest absolute Gasteiger partial charge is 0.397 e. The first kappa shape index (κ1) is 17.8. The molecule has 0 spiro atoms. The molecular formula is C17H23N5O2S2. The van der Waals surface area contributed by atoms with Crippen LogP contribution in [-0.4, -0.2) is 41.9 Å². The molecule has 0 saturated carbocycles. The van der Waals surface area contributed by atoms with E-state index in [1.54, 1.807) is 0 Å². The second-order valence-corrected chi connectivity index (χ2v) is 9.90. The first-order chi connectivity index (χ1) is 12.4. The first-order valence-corrected chi connectivity index (χ1v) is 10.4. The number of hydrazine groups is 1. The lowest BCUT2D eigenvalue weighted by Crippen LogP contribution is -2.38. The smallest absolute Gasteiger partial charge is 0.277 e. The molecule has 2 aliphatic rings. The number of fused-ring (bicyclic) bond motifs is 3. The van der Waals surface area contributed by atoms with E-state index in [9.17, 15) is 4.79 Å². The highest BCUT2D eigenvalue weighted by molar-refractivity contribution is 7.99. The van der Waals surface area contributed by atoms with E-state index in [1.807, 2.05) is 11.8 Å². The average Bonchev–Trinajstić information content (AvgIpc) is 2.97. The predicted molar refractivity (Wildman–Crippen MR) is 108 cm³/mol. The molecule has 9 heteroatoms. The molecule has 2 aliphatic heterocycles. The molecule has 2 aromatic heterocycles. The first-order valence-electron chi connectivity index (χ1n) is 8.62. The quantitative estimate of drug-likeness (QED) is 0.406. The number of amides is 1. The van der Waals surface area contributed by atoms with Crippen molar-refractivity contribution in [2.75, 3.05) is 36.9 Å². The molecule has 0 bridgehead atoms. The van der Waals surface area contributed by atoms with Gasteiger partial charge in [0.1, 0.15) is 15.5 Å². The summed E-state index contributed by atoms with van der Waals surface area (Å²) in [5.74, 6) is 6.87. The summed E-state index contributed by atoms with van der Waals surface area (Å²) in [6, 6.07) is 0. The molecule has 0 radical (unpaired) electrons. The summed E-state index contributed by atoms with van der Waals surface area (Å²) in [6.45, 7) is 7.57. The normalized spacial score (nSPS) is 19.4. The molecular weight excluding hydrogens is 370 g/mol. The number of aromatic nitrogens is 1. The molecule has 2 aromatic rings. The molecule has 1 saturated heterocycles. The number of nitrogens with zero attached hydrogens (tertiary/aromatic N) is 2. The molecule has 1 amide bonds. The lowest BCUT2D eigenvalue weighted by Gasteiger charge is -2.36. The molecule has 0 aromatic carbocycles. The molecule has 26 heavy (non-hydrogen) atoms. The van der Waals surface area contributed by atoms with E-state index in [0.717, 1.165) is 41.3 Å². The summed E-state index contributed by atoms with van der Waals surface area (Å²) in [4.78, 5) is 20.6. The van der Waals surface area contributed by atoms with Gasteiger partial charge in [-0.3, -0.25) is 10.2 Å². The van der Waals surface area contributed by atoms with Gasteiger partial charge in [-0.2, -0.15) is 11.8 Å². The molecule has 4 rings (SSSR count). The van der Waals surface area contributed by atoms with Crippen LogP contribution in [0.4, 0.5) is 11.5 Å². The van der Waals surface area contributed by atoms with Crippen molar-refractivity contribution in [2.24, 2.45) is 5.84 Å². The number of ether oxygens (including phenoxy) is 1. The van der Waals surface area contributed by atoms with Crippen LogP contribution < -0.4 is 21.9 Å². The van der Waals surface area contributed by atoms with Gasteiger partial charge in [0.25, 0.3) is 5.91 Å². The van der Waals surface area contributed by atoms with E-state index in [4.69, 9.17) is 21.3 Å². The molecule has 5 N–H and O–H groups in total. The number of nitrogens with one attached hydrogen (secondary N) is 1. The topological polar surface area (TPSA) is 106 Å². The SMILES string of the molecule is CC1(C)Cc2c(c(N3CCOCC3)nc3sc(C(=O)NN)c(N)c23)CS1. The number of carbonyl (C=O) groups excluding carboxylic acids is 1. The monoisotopic (exact) mass is 393 g/mol. The van der Waals surface area contributed by atoms with Gasteiger partial charge >= 0.3 is 0 Å². The van der Waals surface area contributed by atoms with Gasteiger partial charge in [-0.05, 0) is 12.0 Å². The Morgan fingerprint density at radius 2 is 2.04 bits per heavy atom. The van der Waals surface area contributed by atoms with Crippen molar-refractivity contribution in [3.8, 4) is 0 Å². The van der Waals surface area contributed by atoms with Crippen molar-refractivity contribution in [3.63, 3.8) is 0 Å². The van der Waals surface area contributed by atoms with E-state index in [2.05, 4.69) is 24.2 Å². The second-order valence-electron chi connectivity index (χ2n) is 7.22. The number of morpholine rings is 1. The molecule has 0 atom stereocenters. The molecule has 1 fully saturated rings. The molecule has 0 unspecified atom stereocenters. The Morgan fingerprint density at radius 3 is 2.73 bits per heavy atom. The highest BCUT2D eigenvalue weighted by atomic mass is 32.2. The van der Waals surface area contributed by atoms with Crippen molar-refractivity contribution in [1.29, 1.82) is 0 Å². The number of thiophene rings is 1. The van der Waals surface area contributed by atoms with Crippen molar-refractivity contribution in [1.82, 2.24) is 10.4 Å². The third-order valence-corrected chi connectivity index (χ3v) is 7.38. The Labute approximate surface area is 160 Å². The fourth-order valence-corrected chi connectivity index (χ4v) is 5.72. The number of nitrogen functional groups attached to an aromatic ring is 2. The number of nitrogens with two attached hydrogens (primary N) is 2. The summed E-state index contributed by atoms with van der Waals surface area (Å²) >= 11 is 3.25. The van der Waals surface area contributed by atoms with Crippen LogP contribution in [0.1, 0.15) is 34.6 Å². The predicted octanol–water partition coefficient (Wildman–Crippen LogP) is 1.89.